The van der Waals surface area contributed by atoms with Gasteiger partial charge in [-0.1, -0.05) is 0 Å². The third-order valence-electron chi connectivity index (χ3n) is 2.45. The van der Waals surface area contributed by atoms with Gasteiger partial charge in [-0.2, -0.15) is 0 Å². The highest BCUT2D eigenvalue weighted by atomic mass is 16.5. The fraction of sp³-hybridized carbons (Fsp3) is 0.636. The molecule has 0 fully saturated rings. The Labute approximate surface area is 95.8 Å². The van der Waals surface area contributed by atoms with Crippen molar-refractivity contribution in [2.45, 2.75) is 39.4 Å². The van der Waals surface area contributed by atoms with Crippen LogP contribution in [-0.2, 0) is 16.1 Å². The summed E-state index contributed by atoms with van der Waals surface area (Å²) >= 11 is 0. The number of carbonyl (C=O) groups is 1. The van der Waals surface area contributed by atoms with Crippen LogP contribution in [0, 0.1) is 0 Å². The molecule has 0 bridgehead atoms. The molecule has 5 nitrogen and oxygen atoms in total. The van der Waals surface area contributed by atoms with Gasteiger partial charge in [-0.3, -0.25) is 10.1 Å². The number of rotatable bonds is 5. The van der Waals surface area contributed by atoms with Crippen molar-refractivity contribution in [3.05, 3.63) is 18.2 Å². The second-order valence-corrected chi connectivity index (χ2v) is 4.01. The van der Waals surface area contributed by atoms with Crippen molar-refractivity contribution < 1.29 is 9.53 Å². The van der Waals surface area contributed by atoms with Crippen LogP contribution >= 0.6 is 0 Å². The molecule has 0 amide bonds. The van der Waals surface area contributed by atoms with E-state index in [0.29, 0.717) is 12.6 Å². The first-order chi connectivity index (χ1) is 7.56. The summed E-state index contributed by atoms with van der Waals surface area (Å²) in [6.45, 7) is 6.57. The van der Waals surface area contributed by atoms with E-state index in [1.165, 1.54) is 7.11 Å². The lowest BCUT2D eigenvalue weighted by atomic mass is 10.3. The number of nitrogens with zero attached hydrogens (tertiary/aromatic N) is 2. The van der Waals surface area contributed by atoms with Crippen LogP contribution in [0.25, 0.3) is 0 Å². The van der Waals surface area contributed by atoms with E-state index in [1.807, 2.05) is 0 Å². The van der Waals surface area contributed by atoms with Gasteiger partial charge in [0, 0.05) is 18.8 Å². The number of ether oxygens (including phenoxy) is 1. The van der Waals surface area contributed by atoms with Gasteiger partial charge >= 0.3 is 5.97 Å². The zero-order valence-corrected chi connectivity index (χ0v) is 10.2. The van der Waals surface area contributed by atoms with Gasteiger partial charge in [-0.15, -0.1) is 0 Å². The number of hydrogen-bond acceptors (Lipinski definition) is 4. The van der Waals surface area contributed by atoms with Crippen molar-refractivity contribution in [1.29, 1.82) is 0 Å². The first kappa shape index (κ1) is 12.7. The third-order valence-corrected chi connectivity index (χ3v) is 2.45. The summed E-state index contributed by atoms with van der Waals surface area (Å²) in [6, 6.07) is 0.0632. The lowest BCUT2D eigenvalue weighted by Gasteiger charge is -2.14. The Morgan fingerprint density at radius 1 is 1.56 bits per heavy atom. The molecule has 0 aromatic carbocycles. The zero-order chi connectivity index (χ0) is 12.1. The largest absolute Gasteiger partial charge is 0.468 e. The van der Waals surface area contributed by atoms with Crippen LogP contribution in [0.2, 0.25) is 0 Å². The molecule has 1 unspecified atom stereocenters. The van der Waals surface area contributed by atoms with Crippen LogP contribution in [0.15, 0.2) is 12.5 Å². The first-order valence-corrected chi connectivity index (χ1v) is 5.38. The van der Waals surface area contributed by atoms with E-state index >= 15 is 0 Å². The Balaban J connectivity index is 2.54. The summed E-state index contributed by atoms with van der Waals surface area (Å²) in [4.78, 5) is 15.3. The van der Waals surface area contributed by atoms with Crippen LogP contribution < -0.4 is 5.32 Å². The Hall–Kier alpha value is -1.36. The first-order valence-electron chi connectivity index (χ1n) is 5.38. The Morgan fingerprint density at radius 2 is 2.25 bits per heavy atom. The predicted octanol–water partition coefficient (Wildman–Crippen LogP) is 1.12. The molecule has 1 rings (SSSR count). The van der Waals surface area contributed by atoms with Gasteiger partial charge in [0.25, 0.3) is 0 Å². The molecule has 16 heavy (non-hydrogen) atoms. The number of aromatic nitrogens is 2. The van der Waals surface area contributed by atoms with E-state index in [1.54, 1.807) is 19.4 Å². The fourth-order valence-corrected chi connectivity index (χ4v) is 1.45. The smallest absolute Gasteiger partial charge is 0.322 e. The van der Waals surface area contributed by atoms with E-state index < -0.39 is 0 Å². The summed E-state index contributed by atoms with van der Waals surface area (Å²) in [6.07, 6.45) is 3.60. The molecule has 0 aliphatic rings. The topological polar surface area (TPSA) is 56.1 Å². The Bertz CT molecular complexity index is 347. The number of imidazole rings is 1. The van der Waals surface area contributed by atoms with E-state index in [2.05, 4.69) is 33.5 Å². The highest BCUT2D eigenvalue weighted by Gasteiger charge is 2.13. The number of esters is 1. The molecule has 1 atom stereocenters. The molecule has 0 saturated carbocycles. The number of methoxy groups -OCH3 is 1. The van der Waals surface area contributed by atoms with Crippen molar-refractivity contribution >= 4 is 5.97 Å². The van der Waals surface area contributed by atoms with Crippen molar-refractivity contribution in [2.24, 2.45) is 0 Å². The van der Waals surface area contributed by atoms with Crippen molar-refractivity contribution in [3.8, 4) is 0 Å². The zero-order valence-electron chi connectivity index (χ0n) is 10.2. The fourth-order valence-electron chi connectivity index (χ4n) is 1.45. The van der Waals surface area contributed by atoms with Gasteiger partial charge in [-0.25, -0.2) is 4.98 Å². The number of hydrogen-bond donors (Lipinski definition) is 1. The molecular weight excluding hydrogens is 206 g/mol. The van der Waals surface area contributed by atoms with E-state index in [9.17, 15) is 4.79 Å². The summed E-state index contributed by atoms with van der Waals surface area (Å²) in [5.74, 6) is -0.254. The van der Waals surface area contributed by atoms with Crippen LogP contribution in [0.1, 0.15) is 32.5 Å². The predicted molar refractivity (Wildman–Crippen MR) is 60.9 cm³/mol. The molecule has 1 aromatic heterocycles. The molecule has 0 spiro atoms. The van der Waals surface area contributed by atoms with E-state index in [-0.39, 0.29) is 12.0 Å². The van der Waals surface area contributed by atoms with Gasteiger partial charge in [0.2, 0.25) is 0 Å². The van der Waals surface area contributed by atoms with Crippen LogP contribution in [0.3, 0.4) is 0 Å². The maximum Gasteiger partial charge on any atom is 0.322 e. The monoisotopic (exact) mass is 225 g/mol. The lowest BCUT2D eigenvalue weighted by Crippen LogP contribution is -2.34. The molecular formula is C11H19N3O2. The minimum atomic E-state index is -0.305. The Morgan fingerprint density at radius 3 is 2.81 bits per heavy atom. The molecule has 1 heterocycles. The van der Waals surface area contributed by atoms with Crippen molar-refractivity contribution in [3.63, 3.8) is 0 Å². The molecule has 0 aliphatic heterocycles. The van der Waals surface area contributed by atoms with Gasteiger partial charge in [0.05, 0.1) is 19.1 Å². The minimum Gasteiger partial charge on any atom is -0.468 e. The molecule has 90 valence electrons. The lowest BCUT2D eigenvalue weighted by molar-refractivity contribution is -0.142. The Kier molecular flexibility index (Phi) is 4.49. The molecule has 0 saturated heterocycles. The van der Waals surface area contributed by atoms with Crippen LogP contribution in [0.5, 0.6) is 0 Å². The maximum atomic E-state index is 11.2. The van der Waals surface area contributed by atoms with Gasteiger partial charge in [-0.05, 0) is 20.8 Å². The van der Waals surface area contributed by atoms with Gasteiger partial charge in [0.15, 0.2) is 0 Å². The van der Waals surface area contributed by atoms with Crippen LogP contribution in [-0.4, -0.2) is 28.7 Å². The summed E-state index contributed by atoms with van der Waals surface area (Å²) < 4.78 is 6.70. The van der Waals surface area contributed by atoms with E-state index in [4.69, 9.17) is 0 Å². The number of carbonyl (C=O) groups excluding carboxylic acids is 1. The second-order valence-electron chi connectivity index (χ2n) is 4.01. The standard InChI is InChI=1S/C11H19N3O2/c1-8(2)14-7-12-5-10(14)6-13-9(3)11(15)16-4/h5,7-9,13H,6H2,1-4H3. The average Bonchev–Trinajstić information content (AvgIpc) is 2.72. The third kappa shape index (κ3) is 3.06. The van der Waals surface area contributed by atoms with Crippen molar-refractivity contribution in [2.75, 3.05) is 7.11 Å². The quantitative estimate of drug-likeness (QED) is 0.763. The van der Waals surface area contributed by atoms with E-state index in [0.717, 1.165) is 5.69 Å². The molecule has 1 N–H and O–H groups in total. The van der Waals surface area contributed by atoms with Crippen molar-refractivity contribution in [1.82, 2.24) is 14.9 Å². The molecule has 0 aliphatic carbocycles. The minimum absolute atomic E-state index is 0.254. The highest BCUT2D eigenvalue weighted by Crippen LogP contribution is 2.08. The average molecular weight is 225 g/mol. The van der Waals surface area contributed by atoms with Crippen LogP contribution in [0.4, 0.5) is 0 Å². The second kappa shape index (κ2) is 5.65. The summed E-state index contributed by atoms with van der Waals surface area (Å²) in [5.41, 5.74) is 1.06. The molecule has 1 aromatic rings. The summed E-state index contributed by atoms with van der Waals surface area (Å²) in [5, 5.41) is 3.10. The highest BCUT2D eigenvalue weighted by molar-refractivity contribution is 5.75. The van der Waals surface area contributed by atoms with Gasteiger partial charge in [0.1, 0.15) is 6.04 Å². The summed E-state index contributed by atoms with van der Waals surface area (Å²) in [7, 11) is 1.39. The SMILES string of the molecule is COC(=O)C(C)NCc1cncn1C(C)C. The van der Waals surface area contributed by atoms with Gasteiger partial charge < -0.3 is 9.30 Å². The molecule has 5 heteroatoms. The molecule has 0 radical (unpaired) electrons. The normalized spacial score (nSPS) is 12.8. The maximum absolute atomic E-state index is 11.2. The number of nitrogens with one attached hydrogen (secondary N) is 1.